The number of hydrogen-bond acceptors (Lipinski definition) is 0. The van der Waals surface area contributed by atoms with Crippen LogP contribution in [0.4, 0.5) is 0 Å². The fourth-order valence-corrected chi connectivity index (χ4v) is 14.9. The lowest BCUT2D eigenvalue weighted by molar-refractivity contribution is -0.456. The molecule has 0 aliphatic heterocycles. The molecule has 6 nitrogen and oxygen atoms in total. The summed E-state index contributed by atoms with van der Waals surface area (Å²) in [5.41, 5.74) is 44.7. The lowest BCUT2D eigenvalue weighted by Gasteiger charge is -2.15. The molecule has 0 atom stereocenters. The number of benzene rings is 1. The van der Waals surface area contributed by atoms with Gasteiger partial charge in [-0.05, 0) is 110 Å². The van der Waals surface area contributed by atoms with Gasteiger partial charge in [-0.1, -0.05) is 83.1 Å². The molecule has 13 aromatic rings. The van der Waals surface area contributed by atoms with Gasteiger partial charge in [-0.15, -0.1) is 13.2 Å². The summed E-state index contributed by atoms with van der Waals surface area (Å²) in [5.74, 6) is 0. The Morgan fingerprint density at radius 1 is 0.262 bits per heavy atom. The van der Waals surface area contributed by atoms with Gasteiger partial charge in [0.05, 0.1) is 5.52 Å². The predicted molar refractivity (Wildman–Crippen MR) is 255 cm³/mol. The third-order valence-corrected chi connectivity index (χ3v) is 16.7. The predicted octanol–water partition coefficient (Wildman–Crippen LogP) is 11.4. The minimum absolute atomic E-state index is 1.02. The van der Waals surface area contributed by atoms with E-state index in [9.17, 15) is 0 Å². The molecule has 0 amide bonds. The Kier molecular flexibility index (Phi) is 7.06. The molecule has 12 heterocycles. The topological polar surface area (TPSA) is 25.5 Å². The van der Waals surface area contributed by atoms with Crippen LogP contribution in [-0.2, 0) is 77.0 Å². The number of hydrogen-bond donors (Lipinski definition) is 0. The third-order valence-electron chi connectivity index (χ3n) is 16.7. The summed E-state index contributed by atoms with van der Waals surface area (Å²) in [6, 6.07) is 2.68. The van der Waals surface area contributed by atoms with E-state index in [1.807, 2.05) is 0 Å². The first kappa shape index (κ1) is 36.4. The highest BCUT2D eigenvalue weighted by Crippen LogP contribution is 2.50. The lowest BCUT2D eigenvalue weighted by Crippen LogP contribution is -2.34. The van der Waals surface area contributed by atoms with Crippen LogP contribution in [0.5, 0.6) is 0 Å². The van der Waals surface area contributed by atoms with E-state index in [-0.39, 0.29) is 0 Å². The summed E-state index contributed by atoms with van der Waals surface area (Å²) in [5, 5.41) is 0. The molecule has 61 heavy (non-hydrogen) atoms. The maximum atomic E-state index is 2.88. The number of aryl methyl sites for hydroxylation is 12. The molecule has 0 saturated heterocycles. The Morgan fingerprint density at radius 3 is 0.869 bits per heavy atom. The second-order valence-electron chi connectivity index (χ2n) is 18.5. The SMILES string of the molecule is CCc1c(CC)c2c3c(CC)c(CC)c4c5c(CC)c(CC)c6c7c(CC)c(CC)c8c9c(CC)c(CC)c%10c%11c(CC)c(CC)c%12cc1n2c1c(c(c(c(c1[n+]34)n56)[n+]87)n%109)[n+]%12%11. The van der Waals surface area contributed by atoms with E-state index in [4.69, 9.17) is 0 Å². The largest absolute Gasteiger partial charge is 0.292 e. The first-order valence-corrected chi connectivity index (χ1v) is 24.6. The zero-order valence-electron chi connectivity index (χ0n) is 38.7. The van der Waals surface area contributed by atoms with Crippen LogP contribution in [0, 0.1) is 0 Å². The van der Waals surface area contributed by atoms with Crippen LogP contribution in [0.1, 0.15) is 150 Å². The van der Waals surface area contributed by atoms with Crippen LogP contribution >= 0.6 is 0 Å². The van der Waals surface area contributed by atoms with Crippen molar-refractivity contribution < 1.29 is 13.2 Å². The molecule has 0 bridgehead atoms. The van der Waals surface area contributed by atoms with Gasteiger partial charge in [0, 0.05) is 39.4 Å². The molecular formula is C55H61N6+3. The maximum absolute atomic E-state index is 2.88. The van der Waals surface area contributed by atoms with Gasteiger partial charge in [-0.2, -0.15) is 0 Å². The fourth-order valence-electron chi connectivity index (χ4n) is 14.9. The van der Waals surface area contributed by atoms with Crippen molar-refractivity contribution in [3.8, 4) is 0 Å². The Bertz CT molecular complexity index is 3640. The molecule has 0 aliphatic carbocycles. The van der Waals surface area contributed by atoms with Crippen molar-refractivity contribution in [3.63, 3.8) is 0 Å². The minimum Gasteiger partial charge on any atom is -0.292 e. The van der Waals surface area contributed by atoms with E-state index in [2.05, 4.69) is 116 Å². The first-order chi connectivity index (χ1) is 29.9. The zero-order valence-corrected chi connectivity index (χ0v) is 38.7. The summed E-state index contributed by atoms with van der Waals surface area (Å²) < 4.78 is 17.2. The van der Waals surface area contributed by atoms with Crippen LogP contribution < -0.4 is 13.2 Å². The lowest BCUT2D eigenvalue weighted by atomic mass is 9.99. The summed E-state index contributed by atoms with van der Waals surface area (Å²) in [6.45, 7) is 29.1. The second kappa shape index (κ2) is 11.8. The van der Waals surface area contributed by atoms with Crippen LogP contribution in [0.2, 0.25) is 0 Å². The van der Waals surface area contributed by atoms with Crippen molar-refractivity contribution in [2.75, 3.05) is 0 Å². The van der Waals surface area contributed by atoms with E-state index >= 15 is 0 Å². The fraction of sp³-hybridized carbons (Fsp3) is 0.436. The third kappa shape index (κ3) is 3.43. The van der Waals surface area contributed by atoms with Gasteiger partial charge in [-0.25, -0.2) is 0 Å². The van der Waals surface area contributed by atoms with Crippen molar-refractivity contribution >= 4 is 99.3 Å². The average molecular weight is 806 g/mol. The second-order valence-corrected chi connectivity index (χ2v) is 18.5. The molecule has 0 fully saturated rings. The van der Waals surface area contributed by atoms with Crippen LogP contribution in [0.3, 0.4) is 0 Å². The van der Waals surface area contributed by atoms with Crippen molar-refractivity contribution in [2.45, 2.75) is 160 Å². The van der Waals surface area contributed by atoms with Crippen LogP contribution in [0.15, 0.2) is 6.07 Å². The summed E-state index contributed by atoms with van der Waals surface area (Å²) >= 11 is 0. The molecule has 0 spiro atoms. The Labute approximate surface area is 357 Å². The molecule has 0 radical (unpaired) electrons. The van der Waals surface area contributed by atoms with E-state index in [1.54, 1.807) is 55.6 Å². The van der Waals surface area contributed by atoms with Gasteiger partial charge in [0.1, 0.15) is 27.6 Å². The molecule has 308 valence electrons. The Balaban J connectivity index is 1.59. The molecule has 0 saturated carbocycles. The highest BCUT2D eigenvalue weighted by Gasteiger charge is 2.49. The average Bonchev–Trinajstić information content (AvgIpc) is 4.09. The van der Waals surface area contributed by atoms with Gasteiger partial charge in [0.15, 0.2) is 16.6 Å². The molecule has 0 N–H and O–H groups in total. The van der Waals surface area contributed by atoms with Gasteiger partial charge in [0.25, 0.3) is 16.6 Å². The van der Waals surface area contributed by atoms with Gasteiger partial charge in [0.2, 0.25) is 33.1 Å². The van der Waals surface area contributed by atoms with Gasteiger partial charge in [-0.3, -0.25) is 13.2 Å². The van der Waals surface area contributed by atoms with E-state index in [0.29, 0.717) is 0 Å². The molecule has 13 rings (SSSR count). The number of aromatic nitrogens is 6. The standard InChI is InChI=1S/C55H61N6/c1-13-26-28(15-3)40-42-30(17-5)32(19-7)44-46-34(21-9)36(23-11)48-49-37(24-12)35(22-10)47-45-33(20-8)31(18-6)43-41-29(16-4)27(14-2)39-25-38(26)56(40)50-51(57(39)41)53(59(43)45)55(61(47)49)54(60(46)48)52(50)58(42)44/h25H,13-24H2,1-12H3/q+3. The summed E-state index contributed by atoms with van der Waals surface area (Å²) in [7, 11) is 0. The highest BCUT2D eigenvalue weighted by atomic mass is 15.2. The number of rotatable bonds is 12. The van der Waals surface area contributed by atoms with Crippen molar-refractivity contribution in [3.05, 3.63) is 72.8 Å². The number of nitrogens with zero attached hydrogens (tertiary/aromatic N) is 6. The van der Waals surface area contributed by atoms with E-state index < -0.39 is 0 Å². The zero-order chi connectivity index (χ0) is 42.0. The normalized spacial score (nSPS) is 13.7. The van der Waals surface area contributed by atoms with Gasteiger partial charge < -0.3 is 0 Å². The van der Waals surface area contributed by atoms with Crippen LogP contribution in [0.25, 0.3) is 99.3 Å². The molecule has 6 heteroatoms. The van der Waals surface area contributed by atoms with Crippen molar-refractivity contribution in [2.24, 2.45) is 0 Å². The monoisotopic (exact) mass is 805 g/mol. The van der Waals surface area contributed by atoms with E-state index in [0.717, 1.165) is 77.0 Å². The molecular weight excluding hydrogens is 745 g/mol. The van der Waals surface area contributed by atoms with E-state index in [1.165, 1.54) is 110 Å². The Hall–Kier alpha value is -5.23. The van der Waals surface area contributed by atoms with Crippen molar-refractivity contribution in [1.82, 2.24) is 13.2 Å². The molecule has 0 aliphatic rings. The summed E-state index contributed by atoms with van der Waals surface area (Å²) in [4.78, 5) is 0. The molecule has 12 aromatic heterocycles. The first-order valence-electron chi connectivity index (χ1n) is 24.6. The van der Waals surface area contributed by atoms with Gasteiger partial charge >= 0.3 is 0 Å². The maximum Gasteiger partial charge on any atom is 0.274 e. The highest BCUT2D eigenvalue weighted by molar-refractivity contribution is 6.24. The smallest absolute Gasteiger partial charge is 0.274 e. The number of fused-ring (bicyclic) bond motifs is 5. The summed E-state index contributed by atoms with van der Waals surface area (Å²) in [6.07, 6.45) is 12.3. The van der Waals surface area contributed by atoms with Crippen molar-refractivity contribution in [1.29, 1.82) is 0 Å². The Morgan fingerprint density at radius 2 is 0.525 bits per heavy atom. The quantitative estimate of drug-likeness (QED) is 0.0668. The molecule has 0 unspecified atom stereocenters. The minimum atomic E-state index is 1.02. The van der Waals surface area contributed by atoms with Crippen LogP contribution in [-0.4, -0.2) is 13.2 Å². The molecule has 1 aromatic carbocycles.